The molecule has 28 heavy (non-hydrogen) atoms. The maximum Gasteiger partial charge on any atom is 0.303 e. The Labute approximate surface area is 168 Å². The topological polar surface area (TPSA) is 66.4 Å². The Hall–Kier alpha value is -2.46. The van der Waals surface area contributed by atoms with Gasteiger partial charge in [-0.25, -0.2) is 0 Å². The predicted octanol–water partition coefficient (Wildman–Crippen LogP) is 4.21. The fourth-order valence-electron chi connectivity index (χ4n) is 3.36. The number of carboxylic acids is 1. The zero-order chi connectivity index (χ0) is 20.2. The molecule has 0 aliphatic heterocycles. The molecule has 150 valence electrons. The SMILES string of the molecule is CNC(CC(=O)CCCc1ccccc1)Cc1ccc(CCCC(=O)O)cc1. The highest BCUT2D eigenvalue weighted by atomic mass is 16.4. The molecule has 0 radical (unpaired) electrons. The van der Waals surface area contributed by atoms with Crippen LogP contribution in [-0.4, -0.2) is 29.9 Å². The first kappa shape index (κ1) is 21.8. The summed E-state index contributed by atoms with van der Waals surface area (Å²) in [6.07, 6.45) is 5.46. The maximum atomic E-state index is 12.3. The molecule has 0 amide bonds. The first-order valence-electron chi connectivity index (χ1n) is 10.1. The number of Topliss-reactive ketones (excluding diaryl/α,β-unsaturated/α-hetero) is 1. The Balaban J connectivity index is 1.73. The van der Waals surface area contributed by atoms with E-state index in [4.69, 9.17) is 5.11 Å². The number of nitrogens with one attached hydrogen (secondary N) is 1. The van der Waals surface area contributed by atoms with Gasteiger partial charge < -0.3 is 10.4 Å². The van der Waals surface area contributed by atoms with Gasteiger partial charge in [0, 0.05) is 25.3 Å². The summed E-state index contributed by atoms with van der Waals surface area (Å²) in [6.45, 7) is 0. The van der Waals surface area contributed by atoms with Gasteiger partial charge in [0.15, 0.2) is 0 Å². The molecule has 0 saturated heterocycles. The molecule has 0 fully saturated rings. The summed E-state index contributed by atoms with van der Waals surface area (Å²) in [5.41, 5.74) is 3.63. The molecule has 1 atom stereocenters. The highest BCUT2D eigenvalue weighted by Gasteiger charge is 2.13. The van der Waals surface area contributed by atoms with Crippen LogP contribution in [0.25, 0.3) is 0 Å². The molecule has 0 bridgehead atoms. The Morgan fingerprint density at radius 1 is 0.857 bits per heavy atom. The van der Waals surface area contributed by atoms with Gasteiger partial charge >= 0.3 is 5.97 Å². The maximum absolute atomic E-state index is 12.3. The molecule has 1 unspecified atom stereocenters. The average molecular weight is 382 g/mol. The van der Waals surface area contributed by atoms with Gasteiger partial charge in [-0.05, 0) is 55.8 Å². The summed E-state index contributed by atoms with van der Waals surface area (Å²) >= 11 is 0. The summed E-state index contributed by atoms with van der Waals surface area (Å²) in [5, 5.41) is 12.0. The lowest BCUT2D eigenvalue weighted by atomic mass is 9.97. The number of carbonyl (C=O) groups is 2. The third kappa shape index (κ3) is 8.49. The minimum atomic E-state index is -0.748. The van der Waals surface area contributed by atoms with Gasteiger partial charge in [0.05, 0.1) is 0 Å². The second-order valence-corrected chi connectivity index (χ2v) is 7.34. The molecule has 0 aliphatic carbocycles. The summed E-state index contributed by atoms with van der Waals surface area (Å²) in [4.78, 5) is 22.9. The largest absolute Gasteiger partial charge is 0.481 e. The molecule has 2 aromatic rings. The van der Waals surface area contributed by atoms with Crippen LogP contribution in [0.3, 0.4) is 0 Å². The number of carboxylic acid groups (broad SMARTS) is 1. The van der Waals surface area contributed by atoms with Crippen molar-refractivity contribution in [1.82, 2.24) is 5.32 Å². The molecule has 2 N–H and O–H groups in total. The van der Waals surface area contributed by atoms with E-state index in [0.29, 0.717) is 25.0 Å². The van der Waals surface area contributed by atoms with Gasteiger partial charge in [-0.3, -0.25) is 9.59 Å². The lowest BCUT2D eigenvalue weighted by Crippen LogP contribution is -2.30. The molecule has 2 aromatic carbocycles. The van der Waals surface area contributed by atoms with Gasteiger partial charge in [0.2, 0.25) is 0 Å². The minimum absolute atomic E-state index is 0.141. The van der Waals surface area contributed by atoms with Gasteiger partial charge in [-0.15, -0.1) is 0 Å². The number of hydrogen-bond donors (Lipinski definition) is 2. The van der Waals surface area contributed by atoms with Crippen molar-refractivity contribution >= 4 is 11.8 Å². The molecule has 4 heteroatoms. The lowest BCUT2D eigenvalue weighted by Gasteiger charge is -2.16. The quantitative estimate of drug-likeness (QED) is 0.545. The fraction of sp³-hybridized carbons (Fsp3) is 0.417. The molecular weight excluding hydrogens is 350 g/mol. The van der Waals surface area contributed by atoms with Crippen LogP contribution in [0.1, 0.15) is 48.8 Å². The van der Waals surface area contributed by atoms with Crippen LogP contribution in [0.4, 0.5) is 0 Å². The van der Waals surface area contributed by atoms with E-state index in [2.05, 4.69) is 41.7 Å². The average Bonchev–Trinajstić information content (AvgIpc) is 2.69. The molecule has 4 nitrogen and oxygen atoms in total. The molecule has 2 rings (SSSR count). The second-order valence-electron chi connectivity index (χ2n) is 7.34. The number of hydrogen-bond acceptors (Lipinski definition) is 3. The van der Waals surface area contributed by atoms with Crippen molar-refractivity contribution in [2.45, 2.75) is 57.4 Å². The van der Waals surface area contributed by atoms with Crippen LogP contribution in [0.2, 0.25) is 0 Å². The standard InChI is InChI=1S/C24H31NO3/c1-25-22(18-23(26)11-5-9-19-7-3-2-4-8-19)17-21-15-13-20(14-16-21)10-6-12-24(27)28/h2-4,7-8,13-16,22,25H,5-6,9-12,17-18H2,1H3,(H,27,28). The Bertz CT molecular complexity index is 725. The number of benzene rings is 2. The number of aryl methyl sites for hydroxylation is 2. The van der Waals surface area contributed by atoms with E-state index < -0.39 is 5.97 Å². The smallest absolute Gasteiger partial charge is 0.303 e. The number of aliphatic carboxylic acids is 1. The van der Waals surface area contributed by atoms with Crippen molar-refractivity contribution in [2.24, 2.45) is 0 Å². The highest BCUT2D eigenvalue weighted by molar-refractivity contribution is 5.79. The van der Waals surface area contributed by atoms with E-state index in [1.165, 1.54) is 11.1 Å². The third-order valence-electron chi connectivity index (χ3n) is 5.01. The van der Waals surface area contributed by atoms with Crippen molar-refractivity contribution in [3.05, 3.63) is 71.3 Å². The number of rotatable bonds is 13. The molecule has 0 aliphatic rings. The Kier molecular flexibility index (Phi) is 9.43. The summed E-state index contributed by atoms with van der Waals surface area (Å²) < 4.78 is 0. The van der Waals surface area contributed by atoms with E-state index in [-0.39, 0.29) is 12.5 Å². The van der Waals surface area contributed by atoms with Crippen molar-refractivity contribution in [3.8, 4) is 0 Å². The van der Waals surface area contributed by atoms with E-state index >= 15 is 0 Å². The van der Waals surface area contributed by atoms with E-state index in [9.17, 15) is 9.59 Å². The van der Waals surface area contributed by atoms with Crippen molar-refractivity contribution in [3.63, 3.8) is 0 Å². The molecular formula is C24H31NO3. The van der Waals surface area contributed by atoms with Crippen LogP contribution >= 0.6 is 0 Å². The first-order chi connectivity index (χ1) is 13.6. The van der Waals surface area contributed by atoms with Crippen LogP contribution in [0.5, 0.6) is 0 Å². The monoisotopic (exact) mass is 381 g/mol. The predicted molar refractivity (Wildman–Crippen MR) is 113 cm³/mol. The Morgan fingerprint density at radius 2 is 1.43 bits per heavy atom. The number of ketones is 1. The van der Waals surface area contributed by atoms with Crippen LogP contribution in [0.15, 0.2) is 54.6 Å². The van der Waals surface area contributed by atoms with Crippen molar-refractivity contribution < 1.29 is 14.7 Å². The minimum Gasteiger partial charge on any atom is -0.481 e. The van der Waals surface area contributed by atoms with E-state index in [0.717, 1.165) is 31.2 Å². The highest BCUT2D eigenvalue weighted by Crippen LogP contribution is 2.13. The zero-order valence-electron chi connectivity index (χ0n) is 16.7. The Morgan fingerprint density at radius 3 is 2.04 bits per heavy atom. The van der Waals surface area contributed by atoms with Crippen molar-refractivity contribution in [2.75, 3.05) is 7.05 Å². The lowest BCUT2D eigenvalue weighted by molar-refractivity contribution is -0.137. The molecule has 0 saturated carbocycles. The van der Waals surface area contributed by atoms with Crippen molar-refractivity contribution in [1.29, 1.82) is 0 Å². The normalized spacial score (nSPS) is 11.9. The number of carbonyl (C=O) groups excluding carboxylic acids is 1. The van der Waals surface area contributed by atoms with Gasteiger partial charge in [-0.2, -0.15) is 0 Å². The fourth-order valence-corrected chi connectivity index (χ4v) is 3.36. The van der Waals surface area contributed by atoms with Crippen LogP contribution in [0, 0.1) is 0 Å². The second kappa shape index (κ2) is 12.1. The zero-order valence-corrected chi connectivity index (χ0v) is 16.7. The van der Waals surface area contributed by atoms with E-state index in [1.54, 1.807) is 0 Å². The van der Waals surface area contributed by atoms with Crippen LogP contribution < -0.4 is 5.32 Å². The summed E-state index contributed by atoms with van der Waals surface area (Å²) in [7, 11) is 1.90. The van der Waals surface area contributed by atoms with Gasteiger partial charge in [-0.1, -0.05) is 54.6 Å². The summed E-state index contributed by atoms with van der Waals surface area (Å²) in [5.74, 6) is -0.442. The molecule has 0 heterocycles. The first-order valence-corrected chi connectivity index (χ1v) is 10.1. The van der Waals surface area contributed by atoms with E-state index in [1.807, 2.05) is 25.2 Å². The number of likely N-dealkylation sites (N-methyl/N-ethyl adjacent to an activating group) is 1. The molecule has 0 aromatic heterocycles. The summed E-state index contributed by atoms with van der Waals surface area (Å²) in [6, 6.07) is 18.7. The van der Waals surface area contributed by atoms with Gasteiger partial charge in [0.25, 0.3) is 0 Å². The van der Waals surface area contributed by atoms with Crippen LogP contribution in [-0.2, 0) is 28.9 Å². The third-order valence-corrected chi connectivity index (χ3v) is 5.01. The molecule has 0 spiro atoms. The van der Waals surface area contributed by atoms with Gasteiger partial charge in [0.1, 0.15) is 5.78 Å².